The van der Waals surface area contributed by atoms with Gasteiger partial charge in [0, 0.05) is 25.2 Å². The number of aromatic nitrogens is 1. The van der Waals surface area contributed by atoms with Crippen molar-refractivity contribution in [1.29, 1.82) is 0 Å². The number of likely N-dealkylation sites (N-methyl/N-ethyl adjacent to an activating group) is 1. The van der Waals surface area contributed by atoms with E-state index in [0.29, 0.717) is 0 Å². The fourth-order valence-electron chi connectivity index (χ4n) is 3.03. The molecule has 0 spiro atoms. The zero-order valence-electron chi connectivity index (χ0n) is 8.83. The van der Waals surface area contributed by atoms with Gasteiger partial charge in [0.25, 0.3) is 0 Å². The average molecular weight is 188 g/mol. The van der Waals surface area contributed by atoms with Gasteiger partial charge in [0.15, 0.2) is 0 Å². The first-order valence-corrected chi connectivity index (χ1v) is 5.47. The molecular weight excluding hydrogens is 172 g/mol. The third-order valence-corrected chi connectivity index (χ3v) is 3.74. The molecule has 0 aromatic carbocycles. The molecule has 0 bridgehead atoms. The second-order valence-electron chi connectivity index (χ2n) is 4.63. The van der Waals surface area contributed by atoms with Gasteiger partial charge in [0.05, 0.1) is 11.4 Å². The molecule has 1 aromatic rings. The number of hydrogen-bond donors (Lipinski definition) is 0. The molecule has 2 nitrogen and oxygen atoms in total. The minimum absolute atomic E-state index is 0.718. The fraction of sp³-hybridized carbons (Fsp3) is 0.583. The second kappa shape index (κ2) is 2.72. The number of anilines is 1. The molecule has 74 valence electrons. The Labute approximate surface area is 85.0 Å². The highest BCUT2D eigenvalue weighted by molar-refractivity contribution is 5.60. The van der Waals surface area contributed by atoms with E-state index in [1.165, 1.54) is 36.2 Å². The first-order chi connectivity index (χ1) is 6.77. The van der Waals surface area contributed by atoms with Crippen molar-refractivity contribution in [3.8, 4) is 0 Å². The predicted molar refractivity (Wildman–Crippen MR) is 57.8 cm³/mol. The van der Waals surface area contributed by atoms with Crippen LogP contribution in [0.1, 0.15) is 36.4 Å². The highest BCUT2D eigenvalue weighted by Gasteiger charge is 2.40. The van der Waals surface area contributed by atoms with E-state index in [0.717, 1.165) is 12.0 Å². The minimum atomic E-state index is 0.718. The van der Waals surface area contributed by atoms with Crippen LogP contribution < -0.4 is 4.90 Å². The predicted octanol–water partition coefficient (Wildman–Crippen LogP) is 2.48. The smallest absolute Gasteiger partial charge is 0.0688 e. The van der Waals surface area contributed by atoms with Gasteiger partial charge in [-0.05, 0) is 31.4 Å². The topological polar surface area (TPSA) is 16.1 Å². The van der Waals surface area contributed by atoms with Crippen LogP contribution >= 0.6 is 0 Å². The van der Waals surface area contributed by atoms with Gasteiger partial charge in [-0.25, -0.2) is 0 Å². The number of rotatable bonds is 0. The van der Waals surface area contributed by atoms with Crippen molar-refractivity contribution in [2.45, 2.75) is 38.1 Å². The van der Waals surface area contributed by atoms with E-state index < -0.39 is 0 Å². The van der Waals surface area contributed by atoms with Gasteiger partial charge < -0.3 is 4.90 Å². The number of nitrogens with zero attached hydrogens (tertiary/aromatic N) is 2. The summed E-state index contributed by atoms with van der Waals surface area (Å²) in [5.41, 5.74) is 4.00. The maximum Gasteiger partial charge on any atom is 0.0688 e. The molecule has 1 aliphatic heterocycles. The molecule has 1 aromatic heterocycles. The normalized spacial score (nSPS) is 29.1. The molecule has 1 aliphatic carbocycles. The van der Waals surface area contributed by atoms with Crippen LogP contribution in [0.4, 0.5) is 5.69 Å². The minimum Gasteiger partial charge on any atom is -0.369 e. The van der Waals surface area contributed by atoms with Crippen LogP contribution in [-0.4, -0.2) is 18.1 Å². The summed E-state index contributed by atoms with van der Waals surface area (Å²) in [4.78, 5) is 7.05. The van der Waals surface area contributed by atoms with E-state index in [9.17, 15) is 0 Å². The molecule has 3 rings (SSSR count). The number of pyridine rings is 1. The zero-order valence-corrected chi connectivity index (χ0v) is 8.83. The van der Waals surface area contributed by atoms with Gasteiger partial charge in [-0.2, -0.15) is 0 Å². The van der Waals surface area contributed by atoms with Crippen LogP contribution in [0, 0.1) is 6.92 Å². The van der Waals surface area contributed by atoms with Crippen LogP contribution in [0.15, 0.2) is 12.3 Å². The van der Waals surface area contributed by atoms with Crippen LogP contribution in [0.5, 0.6) is 0 Å². The Morgan fingerprint density at radius 3 is 3.14 bits per heavy atom. The van der Waals surface area contributed by atoms with Crippen LogP contribution in [0.25, 0.3) is 0 Å². The van der Waals surface area contributed by atoms with Gasteiger partial charge in [0.1, 0.15) is 0 Å². The molecule has 2 aliphatic rings. The Morgan fingerprint density at radius 1 is 1.43 bits per heavy atom. The van der Waals surface area contributed by atoms with E-state index in [1.54, 1.807) is 0 Å². The lowest BCUT2D eigenvalue weighted by atomic mass is 10.0. The first-order valence-electron chi connectivity index (χ1n) is 5.47. The van der Waals surface area contributed by atoms with Gasteiger partial charge >= 0.3 is 0 Å². The Balaban J connectivity index is 2.13. The molecule has 2 atom stereocenters. The summed E-state index contributed by atoms with van der Waals surface area (Å²) in [7, 11) is 2.22. The molecule has 0 saturated heterocycles. The van der Waals surface area contributed by atoms with Crippen molar-refractivity contribution >= 4 is 5.69 Å². The highest BCUT2D eigenvalue weighted by Crippen LogP contribution is 2.47. The van der Waals surface area contributed by atoms with Crippen molar-refractivity contribution in [1.82, 2.24) is 4.98 Å². The largest absolute Gasteiger partial charge is 0.369 e. The molecule has 14 heavy (non-hydrogen) atoms. The standard InChI is InChI=1S/C12H16N2/c1-8-6-11-12(13-7-8)9-4-3-5-10(9)14(11)2/h6-7,9-10H,3-5H2,1-2H3. The zero-order chi connectivity index (χ0) is 9.71. The number of hydrogen-bond acceptors (Lipinski definition) is 2. The lowest BCUT2D eigenvalue weighted by molar-refractivity contribution is 0.617. The third-order valence-electron chi connectivity index (χ3n) is 3.74. The summed E-state index contributed by atoms with van der Waals surface area (Å²) in [5, 5.41) is 0. The molecule has 1 saturated carbocycles. The summed E-state index contributed by atoms with van der Waals surface area (Å²) < 4.78 is 0. The molecule has 0 radical (unpaired) electrons. The quantitative estimate of drug-likeness (QED) is 0.621. The maximum atomic E-state index is 4.61. The van der Waals surface area contributed by atoms with E-state index in [4.69, 9.17) is 0 Å². The summed E-state index contributed by atoms with van der Waals surface area (Å²) in [6.07, 6.45) is 6.05. The first kappa shape index (κ1) is 8.27. The Hall–Kier alpha value is -1.05. The lowest BCUT2D eigenvalue weighted by Gasteiger charge is -2.20. The monoisotopic (exact) mass is 188 g/mol. The van der Waals surface area contributed by atoms with E-state index in [1.807, 2.05) is 6.20 Å². The van der Waals surface area contributed by atoms with E-state index >= 15 is 0 Å². The average Bonchev–Trinajstić information content (AvgIpc) is 2.72. The third kappa shape index (κ3) is 0.941. The van der Waals surface area contributed by atoms with Crippen molar-refractivity contribution < 1.29 is 0 Å². The van der Waals surface area contributed by atoms with Gasteiger partial charge in [-0.15, -0.1) is 0 Å². The molecule has 0 amide bonds. The van der Waals surface area contributed by atoms with E-state index in [2.05, 4.69) is 29.9 Å². The molecule has 0 N–H and O–H groups in total. The number of fused-ring (bicyclic) bond motifs is 3. The Bertz CT molecular complexity index is 373. The summed E-state index contributed by atoms with van der Waals surface area (Å²) >= 11 is 0. The van der Waals surface area contributed by atoms with Crippen LogP contribution in [0.2, 0.25) is 0 Å². The summed E-state index contributed by atoms with van der Waals surface area (Å²) in [6.45, 7) is 2.12. The molecule has 2 heterocycles. The van der Waals surface area contributed by atoms with Crippen molar-refractivity contribution in [3.05, 3.63) is 23.5 Å². The highest BCUT2D eigenvalue weighted by atomic mass is 15.2. The second-order valence-corrected chi connectivity index (χ2v) is 4.63. The fourth-order valence-corrected chi connectivity index (χ4v) is 3.03. The molecule has 2 unspecified atom stereocenters. The van der Waals surface area contributed by atoms with Crippen LogP contribution in [0.3, 0.4) is 0 Å². The molecule has 1 fully saturated rings. The van der Waals surface area contributed by atoms with Gasteiger partial charge in [0.2, 0.25) is 0 Å². The maximum absolute atomic E-state index is 4.61. The number of aryl methyl sites for hydroxylation is 1. The Kier molecular flexibility index (Phi) is 1.61. The SMILES string of the molecule is Cc1cnc2c(c1)N(C)C1CCCC21. The van der Waals surface area contributed by atoms with Gasteiger partial charge in [-0.1, -0.05) is 6.42 Å². The lowest BCUT2D eigenvalue weighted by Crippen LogP contribution is -2.26. The summed E-state index contributed by atoms with van der Waals surface area (Å²) in [5.74, 6) is 0.718. The molecule has 2 heteroatoms. The van der Waals surface area contributed by atoms with Crippen molar-refractivity contribution in [2.24, 2.45) is 0 Å². The van der Waals surface area contributed by atoms with Crippen LogP contribution in [-0.2, 0) is 0 Å². The van der Waals surface area contributed by atoms with Gasteiger partial charge in [-0.3, -0.25) is 4.98 Å². The van der Waals surface area contributed by atoms with E-state index in [-0.39, 0.29) is 0 Å². The Morgan fingerprint density at radius 2 is 2.29 bits per heavy atom. The van der Waals surface area contributed by atoms with Crippen molar-refractivity contribution in [2.75, 3.05) is 11.9 Å². The van der Waals surface area contributed by atoms with Crippen molar-refractivity contribution in [3.63, 3.8) is 0 Å². The molecular formula is C12H16N2. The summed E-state index contributed by atoms with van der Waals surface area (Å²) in [6, 6.07) is 3.01.